The standard InChI is InChI=1S/C12H20N2O4/c1-18-10-4-6-14(8-10)12(17)13-5-2-3-9(7-13)11(15)16/h9-10H,2-8H2,1H3,(H,15,16)/t9-,10?/m0/s1. The quantitative estimate of drug-likeness (QED) is 0.786. The number of carboxylic acid groups (broad SMARTS) is 1. The predicted molar refractivity (Wildman–Crippen MR) is 64.3 cm³/mol. The molecule has 0 saturated carbocycles. The smallest absolute Gasteiger partial charge is 0.320 e. The molecule has 6 heteroatoms. The normalized spacial score (nSPS) is 28.5. The lowest BCUT2D eigenvalue weighted by molar-refractivity contribution is -0.143. The van der Waals surface area contributed by atoms with Gasteiger partial charge in [0.1, 0.15) is 0 Å². The van der Waals surface area contributed by atoms with Crippen molar-refractivity contribution in [1.29, 1.82) is 0 Å². The molecule has 2 fully saturated rings. The lowest BCUT2D eigenvalue weighted by Crippen LogP contribution is -2.48. The number of aliphatic carboxylic acids is 1. The molecule has 0 aromatic heterocycles. The average molecular weight is 256 g/mol. The summed E-state index contributed by atoms with van der Waals surface area (Å²) in [7, 11) is 1.65. The topological polar surface area (TPSA) is 70.1 Å². The Balaban J connectivity index is 1.91. The number of piperidine rings is 1. The summed E-state index contributed by atoms with van der Waals surface area (Å²) in [5, 5.41) is 9.01. The van der Waals surface area contributed by atoms with Crippen LogP contribution in [0, 0.1) is 5.92 Å². The van der Waals surface area contributed by atoms with Crippen molar-refractivity contribution >= 4 is 12.0 Å². The first-order chi connectivity index (χ1) is 8.61. The van der Waals surface area contributed by atoms with Gasteiger partial charge in [-0.1, -0.05) is 0 Å². The second kappa shape index (κ2) is 5.56. The summed E-state index contributed by atoms with van der Waals surface area (Å²) >= 11 is 0. The summed E-state index contributed by atoms with van der Waals surface area (Å²) in [5.74, 6) is -1.22. The lowest BCUT2D eigenvalue weighted by Gasteiger charge is -2.33. The Morgan fingerprint density at radius 2 is 1.89 bits per heavy atom. The Hall–Kier alpha value is -1.30. The number of likely N-dealkylation sites (tertiary alicyclic amines) is 2. The first-order valence-electron chi connectivity index (χ1n) is 6.41. The van der Waals surface area contributed by atoms with E-state index in [0.717, 1.165) is 12.8 Å². The van der Waals surface area contributed by atoms with E-state index in [-0.39, 0.29) is 12.1 Å². The van der Waals surface area contributed by atoms with Crippen molar-refractivity contribution in [1.82, 2.24) is 9.80 Å². The molecule has 18 heavy (non-hydrogen) atoms. The van der Waals surface area contributed by atoms with Gasteiger partial charge in [0.2, 0.25) is 0 Å². The van der Waals surface area contributed by atoms with Crippen LogP contribution < -0.4 is 0 Å². The highest BCUT2D eigenvalue weighted by atomic mass is 16.5. The molecule has 0 aliphatic carbocycles. The number of nitrogens with zero attached hydrogens (tertiary/aromatic N) is 2. The van der Waals surface area contributed by atoms with Crippen LogP contribution in [0.15, 0.2) is 0 Å². The number of rotatable bonds is 2. The second-order valence-electron chi connectivity index (χ2n) is 5.00. The van der Waals surface area contributed by atoms with Crippen LogP contribution in [-0.4, -0.2) is 66.3 Å². The molecule has 0 aromatic carbocycles. The van der Waals surface area contributed by atoms with Gasteiger partial charge in [-0.25, -0.2) is 4.79 Å². The van der Waals surface area contributed by atoms with E-state index in [9.17, 15) is 9.59 Å². The first kappa shape index (κ1) is 13.1. The minimum absolute atomic E-state index is 0.0412. The number of carbonyl (C=O) groups excluding carboxylic acids is 1. The summed E-state index contributed by atoms with van der Waals surface area (Å²) in [5.41, 5.74) is 0. The van der Waals surface area contributed by atoms with Crippen LogP contribution >= 0.6 is 0 Å². The Kier molecular flexibility index (Phi) is 4.06. The van der Waals surface area contributed by atoms with Gasteiger partial charge in [-0.2, -0.15) is 0 Å². The van der Waals surface area contributed by atoms with Crippen molar-refractivity contribution in [2.24, 2.45) is 5.92 Å². The number of methoxy groups -OCH3 is 1. The number of amides is 2. The number of urea groups is 1. The molecule has 2 atom stereocenters. The highest BCUT2D eigenvalue weighted by molar-refractivity contribution is 5.77. The van der Waals surface area contributed by atoms with Crippen molar-refractivity contribution in [3.05, 3.63) is 0 Å². The molecule has 6 nitrogen and oxygen atoms in total. The molecule has 1 unspecified atom stereocenters. The number of carbonyl (C=O) groups is 2. The van der Waals surface area contributed by atoms with Crippen molar-refractivity contribution in [3.8, 4) is 0 Å². The fraction of sp³-hybridized carbons (Fsp3) is 0.833. The summed E-state index contributed by atoms with van der Waals surface area (Å²) in [4.78, 5) is 26.6. The van der Waals surface area contributed by atoms with E-state index in [1.807, 2.05) is 0 Å². The van der Waals surface area contributed by atoms with Gasteiger partial charge in [0.15, 0.2) is 0 Å². The summed E-state index contributed by atoms with van der Waals surface area (Å²) < 4.78 is 5.23. The van der Waals surface area contributed by atoms with Crippen LogP contribution in [0.5, 0.6) is 0 Å². The number of ether oxygens (including phenoxy) is 1. The van der Waals surface area contributed by atoms with Crippen LogP contribution in [-0.2, 0) is 9.53 Å². The molecular weight excluding hydrogens is 236 g/mol. The molecular formula is C12H20N2O4. The monoisotopic (exact) mass is 256 g/mol. The van der Waals surface area contributed by atoms with Crippen molar-refractivity contribution in [3.63, 3.8) is 0 Å². The van der Waals surface area contributed by atoms with Crippen LogP contribution in [0.3, 0.4) is 0 Å². The SMILES string of the molecule is COC1CCN(C(=O)N2CCC[C@H](C(=O)O)C2)C1. The van der Waals surface area contributed by atoms with Gasteiger partial charge in [0.25, 0.3) is 0 Å². The fourth-order valence-electron chi connectivity index (χ4n) is 2.65. The van der Waals surface area contributed by atoms with Crippen molar-refractivity contribution in [2.45, 2.75) is 25.4 Å². The van der Waals surface area contributed by atoms with Crippen LogP contribution in [0.4, 0.5) is 4.79 Å². The van der Waals surface area contributed by atoms with E-state index >= 15 is 0 Å². The molecule has 1 N–H and O–H groups in total. The molecule has 2 saturated heterocycles. The molecule has 0 bridgehead atoms. The van der Waals surface area contributed by atoms with Crippen molar-refractivity contribution < 1.29 is 19.4 Å². The minimum atomic E-state index is -0.802. The van der Waals surface area contributed by atoms with Gasteiger partial charge in [0, 0.05) is 33.3 Å². The van der Waals surface area contributed by atoms with E-state index in [2.05, 4.69) is 0 Å². The van der Waals surface area contributed by atoms with Gasteiger partial charge in [-0.3, -0.25) is 4.79 Å². The van der Waals surface area contributed by atoms with Crippen LogP contribution in [0.2, 0.25) is 0 Å². The van der Waals surface area contributed by atoms with E-state index in [0.29, 0.717) is 32.6 Å². The number of carboxylic acids is 1. The van der Waals surface area contributed by atoms with E-state index < -0.39 is 11.9 Å². The largest absolute Gasteiger partial charge is 0.481 e. The minimum Gasteiger partial charge on any atom is -0.481 e. The van der Waals surface area contributed by atoms with Crippen LogP contribution in [0.1, 0.15) is 19.3 Å². The summed E-state index contributed by atoms with van der Waals surface area (Å²) in [6.45, 7) is 2.31. The summed E-state index contributed by atoms with van der Waals surface area (Å²) in [6.07, 6.45) is 2.41. The molecule has 0 aromatic rings. The molecule has 0 spiro atoms. The fourth-order valence-corrected chi connectivity index (χ4v) is 2.65. The predicted octanol–water partition coefficient (Wildman–Crippen LogP) is 0.624. The molecule has 2 amide bonds. The first-order valence-corrected chi connectivity index (χ1v) is 6.41. The highest BCUT2D eigenvalue weighted by Gasteiger charge is 2.33. The maximum Gasteiger partial charge on any atom is 0.320 e. The van der Waals surface area contributed by atoms with Crippen LogP contribution in [0.25, 0.3) is 0 Å². The third kappa shape index (κ3) is 2.75. The molecule has 0 radical (unpaired) electrons. The zero-order valence-corrected chi connectivity index (χ0v) is 10.7. The maximum atomic E-state index is 12.2. The third-order valence-electron chi connectivity index (χ3n) is 3.79. The Bertz CT molecular complexity index is 334. The Morgan fingerprint density at radius 1 is 1.17 bits per heavy atom. The van der Waals surface area contributed by atoms with Gasteiger partial charge in [0.05, 0.1) is 12.0 Å². The molecule has 102 valence electrons. The third-order valence-corrected chi connectivity index (χ3v) is 3.79. The van der Waals surface area contributed by atoms with Gasteiger partial charge in [-0.15, -0.1) is 0 Å². The van der Waals surface area contributed by atoms with Gasteiger partial charge >= 0.3 is 12.0 Å². The lowest BCUT2D eigenvalue weighted by atomic mass is 9.99. The highest BCUT2D eigenvalue weighted by Crippen LogP contribution is 2.20. The van der Waals surface area contributed by atoms with Gasteiger partial charge < -0.3 is 19.6 Å². The molecule has 2 heterocycles. The Labute approximate surface area is 106 Å². The summed E-state index contributed by atoms with van der Waals surface area (Å²) in [6, 6.07) is -0.0412. The Morgan fingerprint density at radius 3 is 2.50 bits per heavy atom. The number of hydrogen-bond donors (Lipinski definition) is 1. The average Bonchev–Trinajstić information content (AvgIpc) is 2.86. The molecule has 2 aliphatic rings. The van der Waals surface area contributed by atoms with E-state index in [1.54, 1.807) is 16.9 Å². The second-order valence-corrected chi connectivity index (χ2v) is 5.00. The molecule has 2 rings (SSSR count). The zero-order chi connectivity index (χ0) is 13.1. The zero-order valence-electron chi connectivity index (χ0n) is 10.7. The molecule has 2 aliphatic heterocycles. The van der Waals surface area contributed by atoms with Crippen molar-refractivity contribution in [2.75, 3.05) is 33.3 Å². The van der Waals surface area contributed by atoms with Gasteiger partial charge in [-0.05, 0) is 19.3 Å². The van der Waals surface area contributed by atoms with E-state index in [1.165, 1.54) is 0 Å². The van der Waals surface area contributed by atoms with E-state index in [4.69, 9.17) is 9.84 Å². The number of hydrogen-bond acceptors (Lipinski definition) is 3. The maximum absolute atomic E-state index is 12.2.